The molecule has 108 valence electrons. The number of hydrogen-bond donors (Lipinski definition) is 2. The second-order valence-electron chi connectivity index (χ2n) is 4.87. The van der Waals surface area contributed by atoms with Gasteiger partial charge in [-0.25, -0.2) is 0 Å². The molecule has 1 unspecified atom stereocenters. The Kier molecular flexibility index (Phi) is 3.75. The number of hydrogen-bond acceptors (Lipinski definition) is 5. The maximum atomic E-state index is 12.3. The molecule has 0 saturated carbocycles. The van der Waals surface area contributed by atoms with Crippen LogP contribution in [0.1, 0.15) is 10.4 Å². The Morgan fingerprint density at radius 3 is 2.90 bits per heavy atom. The van der Waals surface area contributed by atoms with Gasteiger partial charge in [0.25, 0.3) is 5.91 Å². The number of methoxy groups -OCH3 is 1. The lowest BCUT2D eigenvalue weighted by atomic mass is 10.1. The lowest BCUT2D eigenvalue weighted by Gasteiger charge is -2.20. The van der Waals surface area contributed by atoms with Crippen LogP contribution in [-0.4, -0.2) is 51.5 Å². The first kappa shape index (κ1) is 13.2. The first-order chi connectivity index (χ1) is 9.78. The number of carbonyl (C=O) groups excluding carboxylic acids is 1. The zero-order valence-electron chi connectivity index (χ0n) is 11.3. The van der Waals surface area contributed by atoms with Crippen LogP contribution in [0.2, 0.25) is 0 Å². The third kappa shape index (κ3) is 2.57. The van der Waals surface area contributed by atoms with Gasteiger partial charge < -0.3 is 24.8 Å². The van der Waals surface area contributed by atoms with Crippen molar-refractivity contribution in [3.8, 4) is 11.5 Å². The minimum absolute atomic E-state index is 0.0103. The quantitative estimate of drug-likeness (QED) is 0.825. The van der Waals surface area contributed by atoms with Crippen molar-refractivity contribution in [1.29, 1.82) is 0 Å². The SMILES string of the molecule is CO[C@H]1CNCC1NC(=O)c1ccc2c(c1)OCCO2. The van der Waals surface area contributed by atoms with Gasteiger partial charge in [-0.3, -0.25) is 4.79 Å². The molecule has 1 saturated heterocycles. The Balaban J connectivity index is 1.71. The van der Waals surface area contributed by atoms with E-state index >= 15 is 0 Å². The molecule has 6 heteroatoms. The molecule has 0 bridgehead atoms. The van der Waals surface area contributed by atoms with Crippen LogP contribution in [0, 0.1) is 0 Å². The molecule has 0 radical (unpaired) electrons. The van der Waals surface area contributed by atoms with Gasteiger partial charge in [0, 0.05) is 25.8 Å². The van der Waals surface area contributed by atoms with Crippen LogP contribution in [0.3, 0.4) is 0 Å². The summed E-state index contributed by atoms with van der Waals surface area (Å²) in [7, 11) is 1.65. The molecule has 2 aliphatic heterocycles. The van der Waals surface area contributed by atoms with Crippen molar-refractivity contribution in [1.82, 2.24) is 10.6 Å². The van der Waals surface area contributed by atoms with Crippen LogP contribution < -0.4 is 20.1 Å². The zero-order chi connectivity index (χ0) is 13.9. The minimum Gasteiger partial charge on any atom is -0.486 e. The maximum absolute atomic E-state index is 12.3. The van der Waals surface area contributed by atoms with Crippen LogP contribution in [0.15, 0.2) is 18.2 Å². The molecule has 0 spiro atoms. The van der Waals surface area contributed by atoms with Crippen LogP contribution in [0.5, 0.6) is 11.5 Å². The molecule has 0 aromatic heterocycles. The third-order valence-electron chi connectivity index (χ3n) is 3.58. The van der Waals surface area contributed by atoms with Crippen molar-refractivity contribution in [2.24, 2.45) is 0 Å². The number of rotatable bonds is 3. The van der Waals surface area contributed by atoms with E-state index in [1.807, 2.05) is 0 Å². The van der Waals surface area contributed by atoms with E-state index in [0.29, 0.717) is 30.3 Å². The van der Waals surface area contributed by atoms with E-state index in [-0.39, 0.29) is 18.1 Å². The van der Waals surface area contributed by atoms with Crippen molar-refractivity contribution in [2.45, 2.75) is 12.1 Å². The number of amides is 1. The number of nitrogens with one attached hydrogen (secondary N) is 2. The highest BCUT2D eigenvalue weighted by atomic mass is 16.6. The van der Waals surface area contributed by atoms with E-state index in [1.165, 1.54) is 0 Å². The lowest BCUT2D eigenvalue weighted by molar-refractivity contribution is 0.0779. The van der Waals surface area contributed by atoms with E-state index < -0.39 is 0 Å². The van der Waals surface area contributed by atoms with Crippen LogP contribution >= 0.6 is 0 Å². The molecular weight excluding hydrogens is 260 g/mol. The molecule has 1 aromatic rings. The third-order valence-corrected chi connectivity index (χ3v) is 3.58. The molecule has 2 aliphatic rings. The predicted molar refractivity (Wildman–Crippen MR) is 72.4 cm³/mol. The van der Waals surface area contributed by atoms with Crippen molar-refractivity contribution in [3.05, 3.63) is 23.8 Å². The molecule has 1 amide bonds. The highest BCUT2D eigenvalue weighted by Crippen LogP contribution is 2.30. The van der Waals surface area contributed by atoms with E-state index in [9.17, 15) is 4.79 Å². The molecular formula is C14H18N2O4. The summed E-state index contributed by atoms with van der Waals surface area (Å²) in [5.41, 5.74) is 0.566. The summed E-state index contributed by atoms with van der Waals surface area (Å²) in [5, 5.41) is 6.18. The zero-order valence-corrected chi connectivity index (χ0v) is 11.3. The van der Waals surface area contributed by atoms with Gasteiger partial charge in [-0.05, 0) is 18.2 Å². The Labute approximate surface area is 117 Å². The summed E-state index contributed by atoms with van der Waals surface area (Å²) >= 11 is 0. The Hall–Kier alpha value is -1.79. The fourth-order valence-corrected chi connectivity index (χ4v) is 2.48. The van der Waals surface area contributed by atoms with Gasteiger partial charge in [0.15, 0.2) is 11.5 Å². The van der Waals surface area contributed by atoms with Crippen LogP contribution in [0.4, 0.5) is 0 Å². The fraction of sp³-hybridized carbons (Fsp3) is 0.500. The normalized spacial score (nSPS) is 24.4. The maximum Gasteiger partial charge on any atom is 0.251 e. The van der Waals surface area contributed by atoms with Crippen LogP contribution in [0.25, 0.3) is 0 Å². The predicted octanol–water partition coefficient (Wildman–Crippen LogP) is 0.174. The van der Waals surface area contributed by atoms with Gasteiger partial charge in [-0.1, -0.05) is 0 Å². The Morgan fingerprint density at radius 1 is 1.30 bits per heavy atom. The standard InChI is InChI=1S/C14H18N2O4/c1-18-13-8-15-7-10(13)16-14(17)9-2-3-11-12(6-9)20-5-4-19-11/h2-3,6,10,13,15H,4-5,7-8H2,1H3,(H,16,17)/t10?,13-/m0/s1. The monoisotopic (exact) mass is 278 g/mol. The molecule has 20 heavy (non-hydrogen) atoms. The fourth-order valence-electron chi connectivity index (χ4n) is 2.48. The molecule has 1 fully saturated rings. The number of carbonyl (C=O) groups is 1. The molecule has 2 heterocycles. The van der Waals surface area contributed by atoms with Crippen LogP contribution in [-0.2, 0) is 4.74 Å². The van der Waals surface area contributed by atoms with Gasteiger partial charge in [0.1, 0.15) is 13.2 Å². The van der Waals surface area contributed by atoms with Crippen molar-refractivity contribution in [2.75, 3.05) is 33.4 Å². The number of benzene rings is 1. The lowest BCUT2D eigenvalue weighted by Crippen LogP contribution is -2.43. The topological polar surface area (TPSA) is 68.8 Å². The highest BCUT2D eigenvalue weighted by Gasteiger charge is 2.28. The van der Waals surface area contributed by atoms with Crippen molar-refractivity contribution >= 4 is 5.91 Å². The minimum atomic E-state index is -0.127. The Bertz CT molecular complexity index is 506. The molecule has 6 nitrogen and oxygen atoms in total. The molecule has 3 rings (SSSR count). The van der Waals surface area contributed by atoms with E-state index in [0.717, 1.165) is 13.1 Å². The summed E-state index contributed by atoms with van der Waals surface area (Å²) in [4.78, 5) is 12.3. The average Bonchev–Trinajstić information content (AvgIpc) is 2.94. The van der Waals surface area contributed by atoms with E-state index in [1.54, 1.807) is 25.3 Å². The number of ether oxygens (including phenoxy) is 3. The van der Waals surface area contributed by atoms with Gasteiger partial charge in [0.05, 0.1) is 12.1 Å². The first-order valence-electron chi connectivity index (χ1n) is 6.72. The van der Waals surface area contributed by atoms with Gasteiger partial charge in [0.2, 0.25) is 0 Å². The van der Waals surface area contributed by atoms with Gasteiger partial charge >= 0.3 is 0 Å². The first-order valence-corrected chi connectivity index (χ1v) is 6.72. The molecule has 0 aliphatic carbocycles. The second-order valence-corrected chi connectivity index (χ2v) is 4.87. The summed E-state index contributed by atoms with van der Waals surface area (Å²) in [6.45, 7) is 2.52. The average molecular weight is 278 g/mol. The summed E-state index contributed by atoms with van der Waals surface area (Å²) < 4.78 is 16.3. The van der Waals surface area contributed by atoms with Crippen molar-refractivity contribution < 1.29 is 19.0 Å². The second kappa shape index (κ2) is 5.68. The van der Waals surface area contributed by atoms with E-state index in [2.05, 4.69) is 10.6 Å². The molecule has 2 atom stereocenters. The smallest absolute Gasteiger partial charge is 0.251 e. The largest absolute Gasteiger partial charge is 0.486 e. The molecule has 1 aromatic carbocycles. The number of fused-ring (bicyclic) bond motifs is 1. The van der Waals surface area contributed by atoms with Gasteiger partial charge in [-0.15, -0.1) is 0 Å². The summed E-state index contributed by atoms with van der Waals surface area (Å²) in [5.74, 6) is 1.18. The summed E-state index contributed by atoms with van der Waals surface area (Å²) in [6, 6.07) is 5.21. The van der Waals surface area contributed by atoms with Gasteiger partial charge in [-0.2, -0.15) is 0 Å². The highest BCUT2D eigenvalue weighted by molar-refractivity contribution is 5.95. The molecule has 2 N–H and O–H groups in total. The Morgan fingerprint density at radius 2 is 2.10 bits per heavy atom. The van der Waals surface area contributed by atoms with Crippen molar-refractivity contribution in [3.63, 3.8) is 0 Å². The van der Waals surface area contributed by atoms with E-state index in [4.69, 9.17) is 14.2 Å². The summed E-state index contributed by atoms with van der Waals surface area (Å²) in [6.07, 6.45) is 0.0103.